The van der Waals surface area contributed by atoms with Gasteiger partial charge in [-0.1, -0.05) is 36.4 Å². The van der Waals surface area contributed by atoms with Crippen LogP contribution in [0.2, 0.25) is 0 Å². The maximum Gasteiger partial charge on any atom is 0.306 e. The highest BCUT2D eigenvalue weighted by Crippen LogP contribution is 2.39. The Kier molecular flexibility index (Phi) is 4.68. The summed E-state index contributed by atoms with van der Waals surface area (Å²) in [5.74, 6) is -0.690. The fourth-order valence-corrected chi connectivity index (χ4v) is 4.99. The van der Waals surface area contributed by atoms with E-state index >= 15 is 0 Å². The normalized spacial score (nSPS) is 18.7. The lowest BCUT2D eigenvalue weighted by Gasteiger charge is -2.26. The van der Waals surface area contributed by atoms with E-state index in [4.69, 9.17) is 4.98 Å². The van der Waals surface area contributed by atoms with Crippen molar-refractivity contribution < 1.29 is 9.90 Å². The van der Waals surface area contributed by atoms with Crippen LogP contribution in [0.25, 0.3) is 39.1 Å². The van der Waals surface area contributed by atoms with Crippen LogP contribution >= 0.6 is 0 Å². The molecule has 0 radical (unpaired) electrons. The largest absolute Gasteiger partial charge is 0.481 e. The zero-order valence-corrected chi connectivity index (χ0v) is 18.0. The monoisotopic (exact) mass is 437 g/mol. The van der Waals surface area contributed by atoms with E-state index in [1.807, 2.05) is 65.6 Å². The molecule has 0 unspecified atom stereocenters. The van der Waals surface area contributed by atoms with E-state index in [-0.39, 0.29) is 11.8 Å². The van der Waals surface area contributed by atoms with Crippen LogP contribution in [-0.4, -0.2) is 35.6 Å². The lowest BCUT2D eigenvalue weighted by atomic mass is 9.80. The number of nitrogens with zero attached hydrogens (tertiary/aromatic N) is 4. The Morgan fingerprint density at radius 1 is 0.970 bits per heavy atom. The number of H-pyrrole nitrogens is 1. The van der Waals surface area contributed by atoms with E-state index in [0.717, 1.165) is 57.6 Å². The number of carboxylic acids is 1. The lowest BCUT2D eigenvalue weighted by molar-refractivity contribution is -0.142. The number of aliphatic carboxylic acids is 1. The molecule has 4 aromatic heterocycles. The zero-order chi connectivity index (χ0) is 22.4. The SMILES string of the molecule is O=C(O)C1CCC(c2nc3c(-c4ccc(-c5ccccc5)nc4)cnn3c3[nH]ccc23)CC1. The van der Waals surface area contributed by atoms with Crippen LogP contribution in [0.3, 0.4) is 0 Å². The quantitative estimate of drug-likeness (QED) is 0.398. The minimum atomic E-state index is -0.687. The number of pyridine rings is 1. The molecule has 33 heavy (non-hydrogen) atoms. The molecule has 0 spiro atoms. The van der Waals surface area contributed by atoms with Crippen molar-refractivity contribution >= 4 is 22.6 Å². The standard InChI is InChI=1S/C26H23N5O2/c32-26(33)18-8-6-17(7-9-18)23-20-12-13-27-24(20)31-25(30-23)21(15-29-31)19-10-11-22(28-14-19)16-4-2-1-3-5-16/h1-5,10-15,17-18,27H,6-9H2,(H,32,33). The van der Waals surface area contributed by atoms with E-state index < -0.39 is 5.97 Å². The molecule has 0 saturated heterocycles. The van der Waals surface area contributed by atoms with Gasteiger partial charge < -0.3 is 10.1 Å². The van der Waals surface area contributed by atoms with Crippen molar-refractivity contribution in [3.63, 3.8) is 0 Å². The molecule has 1 aliphatic rings. The Labute approximate surface area is 190 Å². The molecule has 1 aromatic carbocycles. The topological polar surface area (TPSA) is 96.2 Å². The van der Waals surface area contributed by atoms with E-state index in [2.05, 4.69) is 21.1 Å². The van der Waals surface area contributed by atoms with Crippen LogP contribution in [0.1, 0.15) is 37.3 Å². The van der Waals surface area contributed by atoms with Crippen molar-refractivity contribution in [3.05, 3.63) is 72.8 Å². The van der Waals surface area contributed by atoms with Crippen molar-refractivity contribution in [2.75, 3.05) is 0 Å². The first-order valence-corrected chi connectivity index (χ1v) is 11.3. The van der Waals surface area contributed by atoms with Gasteiger partial charge in [0.05, 0.1) is 23.5 Å². The Morgan fingerprint density at radius 3 is 2.52 bits per heavy atom. The third kappa shape index (κ3) is 3.36. The van der Waals surface area contributed by atoms with Gasteiger partial charge in [-0.05, 0) is 37.8 Å². The van der Waals surface area contributed by atoms with Crippen LogP contribution in [0, 0.1) is 5.92 Å². The van der Waals surface area contributed by atoms with Gasteiger partial charge in [0.15, 0.2) is 5.65 Å². The highest BCUT2D eigenvalue weighted by atomic mass is 16.4. The highest BCUT2D eigenvalue weighted by molar-refractivity contribution is 5.86. The van der Waals surface area contributed by atoms with Gasteiger partial charge in [0.2, 0.25) is 0 Å². The second-order valence-corrected chi connectivity index (χ2v) is 8.72. The van der Waals surface area contributed by atoms with Gasteiger partial charge in [0, 0.05) is 40.4 Å². The number of benzene rings is 1. The molecule has 1 fully saturated rings. The molecule has 5 aromatic rings. The molecule has 1 saturated carbocycles. The van der Waals surface area contributed by atoms with Crippen LogP contribution in [0.4, 0.5) is 0 Å². The summed E-state index contributed by atoms with van der Waals surface area (Å²) in [6.07, 6.45) is 8.67. The molecule has 0 aliphatic heterocycles. The van der Waals surface area contributed by atoms with Crippen LogP contribution in [0.5, 0.6) is 0 Å². The van der Waals surface area contributed by atoms with Crippen LogP contribution in [-0.2, 0) is 4.79 Å². The van der Waals surface area contributed by atoms with Crippen molar-refractivity contribution in [2.24, 2.45) is 5.92 Å². The molecule has 164 valence electrons. The summed E-state index contributed by atoms with van der Waals surface area (Å²) >= 11 is 0. The second kappa shape index (κ2) is 7.85. The predicted octanol–water partition coefficient (Wildman–Crippen LogP) is 5.30. The number of carbonyl (C=O) groups is 1. The minimum Gasteiger partial charge on any atom is -0.481 e. The first-order valence-electron chi connectivity index (χ1n) is 11.3. The van der Waals surface area contributed by atoms with E-state index in [9.17, 15) is 9.90 Å². The molecule has 2 N–H and O–H groups in total. The molecule has 0 atom stereocenters. The summed E-state index contributed by atoms with van der Waals surface area (Å²) in [7, 11) is 0. The Bertz CT molecular complexity index is 1450. The smallest absolute Gasteiger partial charge is 0.306 e. The van der Waals surface area contributed by atoms with E-state index in [1.165, 1.54) is 0 Å². The summed E-state index contributed by atoms with van der Waals surface area (Å²) < 4.78 is 1.85. The van der Waals surface area contributed by atoms with Gasteiger partial charge in [-0.2, -0.15) is 9.61 Å². The fraction of sp³-hybridized carbons (Fsp3) is 0.231. The van der Waals surface area contributed by atoms with Gasteiger partial charge in [0.1, 0.15) is 5.65 Å². The molecule has 1 aliphatic carbocycles. The lowest BCUT2D eigenvalue weighted by Crippen LogP contribution is -2.21. The number of nitrogens with one attached hydrogen (secondary N) is 1. The summed E-state index contributed by atoms with van der Waals surface area (Å²) in [6.45, 7) is 0. The molecule has 7 heteroatoms. The van der Waals surface area contributed by atoms with Crippen LogP contribution in [0.15, 0.2) is 67.1 Å². The number of aromatic amines is 1. The Hall–Kier alpha value is -4.00. The Balaban J connectivity index is 1.41. The first kappa shape index (κ1) is 19.7. The van der Waals surface area contributed by atoms with Gasteiger partial charge in [-0.15, -0.1) is 0 Å². The van der Waals surface area contributed by atoms with Crippen molar-refractivity contribution in [1.82, 2.24) is 24.6 Å². The van der Waals surface area contributed by atoms with Crippen molar-refractivity contribution in [2.45, 2.75) is 31.6 Å². The third-order valence-electron chi connectivity index (χ3n) is 6.79. The molecular weight excluding hydrogens is 414 g/mol. The highest BCUT2D eigenvalue weighted by Gasteiger charge is 2.29. The summed E-state index contributed by atoms with van der Waals surface area (Å²) in [5, 5.41) is 15.0. The summed E-state index contributed by atoms with van der Waals surface area (Å²) in [5.41, 5.74) is 6.62. The van der Waals surface area contributed by atoms with E-state index in [1.54, 1.807) is 0 Å². The van der Waals surface area contributed by atoms with E-state index in [0.29, 0.717) is 12.8 Å². The number of carboxylic acid groups (broad SMARTS) is 1. The fourth-order valence-electron chi connectivity index (χ4n) is 4.99. The molecule has 0 amide bonds. The van der Waals surface area contributed by atoms with Crippen LogP contribution < -0.4 is 0 Å². The number of rotatable bonds is 4. The number of fused-ring (bicyclic) bond motifs is 3. The van der Waals surface area contributed by atoms with Crippen molar-refractivity contribution in [3.8, 4) is 22.4 Å². The average molecular weight is 438 g/mol. The summed E-state index contributed by atoms with van der Waals surface area (Å²) in [6, 6.07) is 16.2. The molecule has 7 nitrogen and oxygen atoms in total. The maximum absolute atomic E-state index is 11.4. The van der Waals surface area contributed by atoms with Gasteiger partial charge in [-0.25, -0.2) is 4.98 Å². The van der Waals surface area contributed by atoms with Crippen molar-refractivity contribution in [1.29, 1.82) is 0 Å². The number of aromatic nitrogens is 5. The predicted molar refractivity (Wildman–Crippen MR) is 126 cm³/mol. The van der Waals surface area contributed by atoms with Gasteiger partial charge >= 0.3 is 5.97 Å². The average Bonchev–Trinajstić information content (AvgIpc) is 3.51. The number of hydrogen-bond acceptors (Lipinski definition) is 4. The number of hydrogen-bond donors (Lipinski definition) is 2. The maximum atomic E-state index is 11.4. The zero-order valence-electron chi connectivity index (χ0n) is 18.0. The molecular formula is C26H23N5O2. The minimum absolute atomic E-state index is 0.241. The molecule has 6 rings (SSSR count). The first-order chi connectivity index (χ1) is 16.2. The van der Waals surface area contributed by atoms with Gasteiger partial charge in [0.25, 0.3) is 0 Å². The summed E-state index contributed by atoms with van der Waals surface area (Å²) in [4.78, 5) is 24.5. The third-order valence-corrected chi connectivity index (χ3v) is 6.79. The molecule has 0 bridgehead atoms. The molecule has 4 heterocycles. The second-order valence-electron chi connectivity index (χ2n) is 8.72. The van der Waals surface area contributed by atoms with Gasteiger partial charge in [-0.3, -0.25) is 9.78 Å². The Morgan fingerprint density at radius 2 is 1.79 bits per heavy atom.